The lowest BCUT2D eigenvalue weighted by Gasteiger charge is -2.43. The van der Waals surface area contributed by atoms with Crippen LogP contribution < -0.4 is 10.9 Å². The summed E-state index contributed by atoms with van der Waals surface area (Å²) in [4.78, 5) is 27.7. The van der Waals surface area contributed by atoms with E-state index in [-0.39, 0.29) is 17.5 Å². The number of nitrogens with one attached hydrogen (secondary N) is 1. The molecule has 2 bridgehead atoms. The highest BCUT2D eigenvalue weighted by molar-refractivity contribution is 6.30. The fourth-order valence-corrected chi connectivity index (χ4v) is 5.75. The molecule has 2 amide bonds. The van der Waals surface area contributed by atoms with Crippen molar-refractivity contribution in [1.29, 1.82) is 0 Å². The SMILES string of the molecule is O=C(NC1CCCCC1)N1C[C@@H]2C[C@H](C1)c1c(/C=C/c3ccc(Cl)cc3)ccc(=O)n1C2. The van der Waals surface area contributed by atoms with E-state index in [1.807, 2.05) is 39.8 Å². The van der Waals surface area contributed by atoms with Crippen molar-refractivity contribution in [2.24, 2.45) is 5.92 Å². The Morgan fingerprint density at radius 3 is 2.53 bits per heavy atom. The third-order valence-electron chi connectivity index (χ3n) is 7.17. The number of piperidine rings is 1. The molecule has 1 saturated heterocycles. The summed E-state index contributed by atoms with van der Waals surface area (Å²) < 4.78 is 1.94. The summed E-state index contributed by atoms with van der Waals surface area (Å²) >= 11 is 6.00. The summed E-state index contributed by atoms with van der Waals surface area (Å²) in [6.45, 7) is 2.08. The van der Waals surface area contributed by atoms with Gasteiger partial charge >= 0.3 is 6.03 Å². The van der Waals surface area contributed by atoms with Crippen molar-refractivity contribution < 1.29 is 4.79 Å². The van der Waals surface area contributed by atoms with Crippen LogP contribution in [0.1, 0.15) is 61.3 Å². The van der Waals surface area contributed by atoms with E-state index in [0.29, 0.717) is 30.1 Å². The van der Waals surface area contributed by atoms with Crippen LogP contribution in [0.2, 0.25) is 5.02 Å². The Kier molecular flexibility index (Phi) is 6.09. The predicted molar refractivity (Wildman–Crippen MR) is 129 cm³/mol. The average Bonchev–Trinajstić information content (AvgIpc) is 2.80. The summed E-state index contributed by atoms with van der Waals surface area (Å²) in [6.07, 6.45) is 11.0. The molecule has 168 valence electrons. The second kappa shape index (κ2) is 9.14. The number of hydrogen-bond donors (Lipinski definition) is 1. The van der Waals surface area contributed by atoms with E-state index in [4.69, 9.17) is 11.6 Å². The van der Waals surface area contributed by atoms with E-state index in [0.717, 1.165) is 42.6 Å². The van der Waals surface area contributed by atoms with Crippen LogP contribution in [0.3, 0.4) is 0 Å². The quantitative estimate of drug-likeness (QED) is 0.703. The number of hydrogen-bond acceptors (Lipinski definition) is 2. The maximum atomic E-state index is 13.0. The minimum atomic E-state index is 0.0541. The molecular formula is C26H30ClN3O2. The van der Waals surface area contributed by atoms with Crippen molar-refractivity contribution in [3.05, 3.63) is 68.6 Å². The lowest BCUT2D eigenvalue weighted by Crippen LogP contribution is -2.53. The molecule has 5 nitrogen and oxygen atoms in total. The molecule has 0 spiro atoms. The number of fused-ring (bicyclic) bond motifs is 4. The molecule has 2 fully saturated rings. The number of pyridine rings is 1. The second-order valence-electron chi connectivity index (χ2n) is 9.50. The molecule has 1 aromatic carbocycles. The van der Waals surface area contributed by atoms with Gasteiger partial charge in [-0.3, -0.25) is 4.79 Å². The number of likely N-dealkylation sites (tertiary alicyclic amines) is 1. The van der Waals surface area contributed by atoms with Gasteiger partial charge in [-0.05, 0) is 54.5 Å². The Morgan fingerprint density at radius 2 is 1.75 bits per heavy atom. The minimum Gasteiger partial charge on any atom is -0.335 e. The van der Waals surface area contributed by atoms with Gasteiger partial charge in [0.25, 0.3) is 5.56 Å². The van der Waals surface area contributed by atoms with E-state index in [9.17, 15) is 9.59 Å². The Morgan fingerprint density at radius 1 is 0.969 bits per heavy atom. The van der Waals surface area contributed by atoms with Crippen molar-refractivity contribution in [3.63, 3.8) is 0 Å². The molecule has 6 heteroatoms. The highest BCUT2D eigenvalue weighted by Gasteiger charge is 2.37. The zero-order chi connectivity index (χ0) is 22.1. The van der Waals surface area contributed by atoms with Gasteiger partial charge in [-0.15, -0.1) is 0 Å². The number of carbonyl (C=O) groups is 1. The van der Waals surface area contributed by atoms with Gasteiger partial charge < -0.3 is 14.8 Å². The van der Waals surface area contributed by atoms with Gasteiger partial charge in [0.1, 0.15) is 0 Å². The first-order valence-corrected chi connectivity index (χ1v) is 12.2. The molecule has 0 radical (unpaired) electrons. The van der Waals surface area contributed by atoms with Crippen LogP contribution in [0.4, 0.5) is 4.79 Å². The molecule has 1 saturated carbocycles. The standard InChI is InChI=1S/C26H30ClN3O2/c27-22-11-7-18(8-12-22)6-9-20-10-13-24(31)30-16-19-14-21(25(20)30)17-29(15-19)26(32)28-23-4-2-1-3-5-23/h6-13,19,21,23H,1-5,14-17H2,(H,28,32)/b9-6+/t19-,21+/m0/s1. The van der Waals surface area contributed by atoms with Crippen molar-refractivity contribution in [1.82, 2.24) is 14.8 Å². The first-order chi connectivity index (χ1) is 15.6. The largest absolute Gasteiger partial charge is 0.335 e. The fourth-order valence-electron chi connectivity index (χ4n) is 5.63. The van der Waals surface area contributed by atoms with Gasteiger partial charge in [0.2, 0.25) is 0 Å². The Labute approximate surface area is 194 Å². The Hall–Kier alpha value is -2.53. The molecule has 0 unspecified atom stereocenters. The van der Waals surface area contributed by atoms with E-state index in [2.05, 4.69) is 17.5 Å². The summed E-state index contributed by atoms with van der Waals surface area (Å²) in [5.74, 6) is 0.505. The van der Waals surface area contributed by atoms with Gasteiger partial charge in [-0.25, -0.2) is 4.79 Å². The van der Waals surface area contributed by atoms with Crippen molar-refractivity contribution >= 4 is 29.8 Å². The molecule has 3 heterocycles. The molecule has 2 aliphatic heterocycles. The van der Waals surface area contributed by atoms with E-state index in [1.54, 1.807) is 6.07 Å². The third kappa shape index (κ3) is 4.49. The van der Waals surface area contributed by atoms with E-state index in [1.165, 1.54) is 19.3 Å². The number of halogens is 1. The van der Waals surface area contributed by atoms with Crippen LogP contribution in [0.25, 0.3) is 12.2 Å². The molecule has 3 aliphatic rings. The van der Waals surface area contributed by atoms with E-state index < -0.39 is 0 Å². The average molecular weight is 452 g/mol. The van der Waals surface area contributed by atoms with Gasteiger partial charge in [0.15, 0.2) is 0 Å². The van der Waals surface area contributed by atoms with Crippen LogP contribution in [-0.4, -0.2) is 34.6 Å². The first-order valence-electron chi connectivity index (χ1n) is 11.8. The molecule has 2 aromatic rings. The molecule has 1 N–H and O–H groups in total. The maximum Gasteiger partial charge on any atom is 0.317 e. The van der Waals surface area contributed by atoms with Crippen molar-refractivity contribution in [3.8, 4) is 0 Å². The van der Waals surface area contributed by atoms with Gasteiger partial charge in [-0.1, -0.05) is 55.1 Å². The Bertz CT molecular complexity index is 1070. The monoisotopic (exact) mass is 451 g/mol. The summed E-state index contributed by atoms with van der Waals surface area (Å²) in [6, 6.07) is 11.7. The van der Waals surface area contributed by atoms with Gasteiger partial charge in [-0.2, -0.15) is 0 Å². The van der Waals surface area contributed by atoms with Gasteiger partial charge in [0.05, 0.1) is 0 Å². The molecule has 2 atom stereocenters. The minimum absolute atomic E-state index is 0.0541. The number of nitrogens with zero attached hydrogens (tertiary/aromatic N) is 2. The number of benzene rings is 1. The number of aromatic nitrogens is 1. The first kappa shape index (κ1) is 21.3. The molecule has 32 heavy (non-hydrogen) atoms. The predicted octanol–water partition coefficient (Wildman–Crippen LogP) is 5.13. The van der Waals surface area contributed by atoms with Crippen LogP contribution in [0, 0.1) is 5.92 Å². The molecular weight excluding hydrogens is 422 g/mol. The normalized spacial score (nSPS) is 23.2. The highest BCUT2D eigenvalue weighted by Crippen LogP contribution is 2.37. The Balaban J connectivity index is 1.38. The highest BCUT2D eigenvalue weighted by atomic mass is 35.5. The molecule has 1 aliphatic carbocycles. The lowest BCUT2D eigenvalue weighted by atomic mass is 9.81. The third-order valence-corrected chi connectivity index (χ3v) is 7.42. The summed E-state index contributed by atoms with van der Waals surface area (Å²) in [5.41, 5.74) is 3.23. The summed E-state index contributed by atoms with van der Waals surface area (Å²) in [5, 5.41) is 3.99. The topological polar surface area (TPSA) is 54.3 Å². The van der Waals surface area contributed by atoms with Crippen molar-refractivity contribution in [2.45, 2.75) is 57.0 Å². The number of rotatable bonds is 3. The van der Waals surface area contributed by atoms with Crippen LogP contribution >= 0.6 is 11.6 Å². The molecule has 5 rings (SSSR count). The maximum absolute atomic E-state index is 13.0. The van der Waals surface area contributed by atoms with E-state index >= 15 is 0 Å². The second-order valence-corrected chi connectivity index (χ2v) is 9.93. The fraction of sp³-hybridized carbons (Fsp3) is 0.462. The van der Waals surface area contributed by atoms with Crippen LogP contribution in [0.15, 0.2) is 41.2 Å². The summed E-state index contributed by atoms with van der Waals surface area (Å²) in [7, 11) is 0. The lowest BCUT2D eigenvalue weighted by molar-refractivity contribution is 0.127. The zero-order valence-corrected chi connectivity index (χ0v) is 19.1. The van der Waals surface area contributed by atoms with Crippen LogP contribution in [0.5, 0.6) is 0 Å². The molecule has 1 aromatic heterocycles. The smallest absolute Gasteiger partial charge is 0.317 e. The van der Waals surface area contributed by atoms with Crippen LogP contribution in [-0.2, 0) is 6.54 Å². The zero-order valence-electron chi connectivity index (χ0n) is 18.3. The van der Waals surface area contributed by atoms with Crippen molar-refractivity contribution in [2.75, 3.05) is 13.1 Å². The number of amides is 2. The number of carbonyl (C=O) groups excluding carboxylic acids is 1. The van der Waals surface area contributed by atoms with Gasteiger partial charge in [0, 0.05) is 48.4 Å². The number of urea groups is 1.